The minimum absolute atomic E-state index is 0.575. The molecule has 0 atom stereocenters. The van der Waals surface area contributed by atoms with Crippen LogP contribution in [0.4, 0.5) is 5.69 Å². The Balaban J connectivity index is 2.57. The van der Waals surface area contributed by atoms with E-state index < -0.39 is 0 Å². The Morgan fingerprint density at radius 3 is 2.86 bits per heavy atom. The van der Waals surface area contributed by atoms with Gasteiger partial charge in [0.05, 0.1) is 5.02 Å². The first-order chi connectivity index (χ1) is 6.74. The lowest BCUT2D eigenvalue weighted by molar-refractivity contribution is 1.25. The summed E-state index contributed by atoms with van der Waals surface area (Å²) in [5.74, 6) is 0.861. The van der Waals surface area contributed by atoms with Crippen molar-refractivity contribution >= 4 is 29.1 Å². The molecule has 1 rings (SSSR count). The molecule has 0 aliphatic heterocycles. The zero-order valence-corrected chi connectivity index (χ0v) is 9.31. The Kier molecular flexibility index (Phi) is 4.87. The number of rotatable bonds is 4. The van der Waals surface area contributed by atoms with Gasteiger partial charge in [-0.25, -0.2) is 0 Å². The standard InChI is InChI=1S/C10H13ClN2S/c11-9-4-3-8(13)7-10(9)14-6-2-1-5-12/h1-4,7H,5-6,12-13H2. The van der Waals surface area contributed by atoms with E-state index in [1.54, 1.807) is 17.8 Å². The van der Waals surface area contributed by atoms with Crippen LogP contribution in [0.15, 0.2) is 35.2 Å². The van der Waals surface area contributed by atoms with Crippen LogP contribution in [0.3, 0.4) is 0 Å². The zero-order chi connectivity index (χ0) is 10.4. The normalized spacial score (nSPS) is 11.0. The fraction of sp³-hybridized carbons (Fsp3) is 0.200. The van der Waals surface area contributed by atoms with E-state index >= 15 is 0 Å². The summed E-state index contributed by atoms with van der Waals surface area (Å²) in [5, 5.41) is 0.741. The molecule has 2 nitrogen and oxygen atoms in total. The lowest BCUT2D eigenvalue weighted by atomic mass is 10.3. The van der Waals surface area contributed by atoms with Crippen molar-refractivity contribution in [3.05, 3.63) is 35.4 Å². The maximum Gasteiger partial charge on any atom is 0.0543 e. The number of anilines is 1. The molecular formula is C10H13ClN2S. The molecule has 0 amide bonds. The molecule has 0 spiro atoms. The van der Waals surface area contributed by atoms with Gasteiger partial charge in [0.2, 0.25) is 0 Å². The quantitative estimate of drug-likeness (QED) is 0.473. The molecule has 0 unspecified atom stereocenters. The highest BCUT2D eigenvalue weighted by atomic mass is 35.5. The minimum atomic E-state index is 0.575. The molecule has 0 saturated carbocycles. The first-order valence-electron chi connectivity index (χ1n) is 4.27. The average molecular weight is 229 g/mol. The predicted molar refractivity (Wildman–Crippen MR) is 64.8 cm³/mol. The van der Waals surface area contributed by atoms with Gasteiger partial charge < -0.3 is 11.5 Å². The van der Waals surface area contributed by atoms with Crippen molar-refractivity contribution in [3.8, 4) is 0 Å². The van der Waals surface area contributed by atoms with Crippen molar-refractivity contribution in [2.24, 2.45) is 5.73 Å². The average Bonchev–Trinajstić information content (AvgIpc) is 2.18. The van der Waals surface area contributed by atoms with Gasteiger partial charge in [0.25, 0.3) is 0 Å². The highest BCUT2D eigenvalue weighted by molar-refractivity contribution is 7.99. The zero-order valence-electron chi connectivity index (χ0n) is 7.74. The van der Waals surface area contributed by atoms with Crippen LogP contribution >= 0.6 is 23.4 Å². The minimum Gasteiger partial charge on any atom is -0.399 e. The third-order valence-corrected chi connectivity index (χ3v) is 3.04. The van der Waals surface area contributed by atoms with Crippen molar-refractivity contribution in [2.45, 2.75) is 4.90 Å². The molecule has 0 radical (unpaired) electrons. The maximum absolute atomic E-state index is 5.98. The maximum atomic E-state index is 5.98. The van der Waals surface area contributed by atoms with E-state index in [2.05, 4.69) is 0 Å². The molecule has 1 aromatic carbocycles. The molecule has 4 heteroatoms. The Morgan fingerprint density at radius 1 is 1.36 bits per heavy atom. The summed E-state index contributed by atoms with van der Waals surface area (Å²) in [6.45, 7) is 0.575. The van der Waals surface area contributed by atoms with Crippen molar-refractivity contribution in [3.63, 3.8) is 0 Å². The Hall–Kier alpha value is -0.640. The number of thioether (sulfide) groups is 1. The third kappa shape index (κ3) is 3.62. The SMILES string of the molecule is NCC=CCSc1cc(N)ccc1Cl. The van der Waals surface area contributed by atoms with Crippen molar-refractivity contribution < 1.29 is 0 Å². The van der Waals surface area contributed by atoms with E-state index in [1.807, 2.05) is 24.3 Å². The molecule has 0 bridgehead atoms. The van der Waals surface area contributed by atoms with E-state index in [9.17, 15) is 0 Å². The highest BCUT2D eigenvalue weighted by Crippen LogP contribution is 2.28. The van der Waals surface area contributed by atoms with Crippen LogP contribution in [-0.4, -0.2) is 12.3 Å². The largest absolute Gasteiger partial charge is 0.399 e. The fourth-order valence-electron chi connectivity index (χ4n) is 0.933. The summed E-state index contributed by atoms with van der Waals surface area (Å²) in [6.07, 6.45) is 3.94. The van der Waals surface area contributed by atoms with Crippen LogP contribution < -0.4 is 11.5 Å². The molecule has 0 aliphatic rings. The van der Waals surface area contributed by atoms with Gasteiger partial charge in [-0.2, -0.15) is 0 Å². The summed E-state index contributed by atoms with van der Waals surface area (Å²) in [5.41, 5.74) is 11.7. The lowest BCUT2D eigenvalue weighted by Gasteiger charge is -2.02. The molecule has 0 aliphatic carbocycles. The van der Waals surface area contributed by atoms with Gasteiger partial charge in [0.1, 0.15) is 0 Å². The second-order valence-electron chi connectivity index (χ2n) is 2.71. The van der Waals surface area contributed by atoms with Crippen LogP contribution in [0.25, 0.3) is 0 Å². The number of nitrogens with two attached hydrogens (primary N) is 2. The number of benzene rings is 1. The first-order valence-corrected chi connectivity index (χ1v) is 5.63. The second kappa shape index (κ2) is 5.96. The Labute approximate surface area is 93.3 Å². The van der Waals surface area contributed by atoms with Gasteiger partial charge in [-0.1, -0.05) is 23.8 Å². The van der Waals surface area contributed by atoms with Gasteiger partial charge in [-0.05, 0) is 18.2 Å². The molecule has 0 fully saturated rings. The van der Waals surface area contributed by atoms with Gasteiger partial charge >= 0.3 is 0 Å². The van der Waals surface area contributed by atoms with E-state index in [4.69, 9.17) is 23.1 Å². The van der Waals surface area contributed by atoms with Crippen molar-refractivity contribution in [2.75, 3.05) is 18.0 Å². The smallest absolute Gasteiger partial charge is 0.0543 e. The third-order valence-electron chi connectivity index (χ3n) is 1.59. The van der Waals surface area contributed by atoms with Crippen LogP contribution in [0.2, 0.25) is 5.02 Å². The lowest BCUT2D eigenvalue weighted by Crippen LogP contribution is -1.92. The van der Waals surface area contributed by atoms with Crippen LogP contribution in [0, 0.1) is 0 Å². The number of hydrogen-bond acceptors (Lipinski definition) is 3. The topological polar surface area (TPSA) is 52.0 Å². The number of halogens is 1. The summed E-state index contributed by atoms with van der Waals surface area (Å²) in [6, 6.07) is 5.48. The number of nitrogen functional groups attached to an aromatic ring is 1. The molecule has 1 aromatic rings. The van der Waals surface area contributed by atoms with Crippen LogP contribution in [0.1, 0.15) is 0 Å². The van der Waals surface area contributed by atoms with Gasteiger partial charge in [0, 0.05) is 22.9 Å². The molecular weight excluding hydrogens is 216 g/mol. The molecule has 4 N–H and O–H groups in total. The van der Waals surface area contributed by atoms with Gasteiger partial charge in [-0.15, -0.1) is 11.8 Å². The van der Waals surface area contributed by atoms with Crippen LogP contribution in [-0.2, 0) is 0 Å². The van der Waals surface area contributed by atoms with E-state index in [0.29, 0.717) is 6.54 Å². The van der Waals surface area contributed by atoms with E-state index in [0.717, 1.165) is 21.4 Å². The van der Waals surface area contributed by atoms with Gasteiger partial charge in [0.15, 0.2) is 0 Å². The van der Waals surface area contributed by atoms with Crippen molar-refractivity contribution in [1.29, 1.82) is 0 Å². The van der Waals surface area contributed by atoms with E-state index in [-0.39, 0.29) is 0 Å². The predicted octanol–water partition coefficient (Wildman–Crippen LogP) is 2.53. The summed E-state index contributed by atoms with van der Waals surface area (Å²) in [4.78, 5) is 1.01. The number of hydrogen-bond donors (Lipinski definition) is 2. The summed E-state index contributed by atoms with van der Waals surface area (Å²) >= 11 is 7.63. The van der Waals surface area contributed by atoms with Crippen molar-refractivity contribution in [1.82, 2.24) is 0 Å². The fourth-order valence-corrected chi connectivity index (χ4v) is 2.05. The van der Waals surface area contributed by atoms with Crippen LogP contribution in [0.5, 0.6) is 0 Å². The molecule has 76 valence electrons. The Bertz CT molecular complexity index is 326. The highest BCUT2D eigenvalue weighted by Gasteiger charge is 1.99. The molecule has 0 aromatic heterocycles. The molecule has 14 heavy (non-hydrogen) atoms. The molecule has 0 heterocycles. The first kappa shape index (κ1) is 11.4. The monoisotopic (exact) mass is 228 g/mol. The summed E-state index contributed by atoms with van der Waals surface area (Å²) in [7, 11) is 0. The van der Waals surface area contributed by atoms with Gasteiger partial charge in [-0.3, -0.25) is 0 Å². The molecule has 0 saturated heterocycles. The van der Waals surface area contributed by atoms with E-state index in [1.165, 1.54) is 0 Å². The second-order valence-corrected chi connectivity index (χ2v) is 4.18. The summed E-state index contributed by atoms with van der Waals surface area (Å²) < 4.78 is 0. The Morgan fingerprint density at radius 2 is 2.14 bits per heavy atom.